The second-order valence-corrected chi connectivity index (χ2v) is 3.08. The summed E-state index contributed by atoms with van der Waals surface area (Å²) in [5.74, 6) is -1.41. The van der Waals surface area contributed by atoms with Crippen LogP contribution in [0.4, 0.5) is 0 Å². The third kappa shape index (κ3) is 1.68. The van der Waals surface area contributed by atoms with Crippen molar-refractivity contribution in [2.75, 3.05) is 0 Å². The molecule has 16 heavy (non-hydrogen) atoms. The highest BCUT2D eigenvalue weighted by Gasteiger charge is 2.14. The lowest BCUT2D eigenvalue weighted by molar-refractivity contribution is 0.0686. The Morgan fingerprint density at radius 2 is 2.00 bits per heavy atom. The first kappa shape index (κ1) is 10.0. The van der Waals surface area contributed by atoms with Crippen molar-refractivity contribution in [1.82, 2.24) is 5.16 Å². The first-order chi connectivity index (χ1) is 7.58. The number of hydrogen-bond donors (Lipinski definition) is 3. The maximum absolute atomic E-state index is 10.6. The first-order valence-corrected chi connectivity index (χ1v) is 4.30. The van der Waals surface area contributed by atoms with E-state index >= 15 is 0 Å². The molecule has 0 saturated carbocycles. The monoisotopic (exact) mass is 221 g/mol. The number of aromatic nitrogens is 1. The number of carbonyl (C=O) groups is 1. The van der Waals surface area contributed by atoms with Gasteiger partial charge in [0.15, 0.2) is 11.5 Å². The molecule has 0 radical (unpaired) electrons. The lowest BCUT2D eigenvalue weighted by Crippen LogP contribution is -1.94. The van der Waals surface area contributed by atoms with E-state index < -0.39 is 5.97 Å². The van der Waals surface area contributed by atoms with E-state index in [2.05, 4.69) is 5.16 Å². The van der Waals surface area contributed by atoms with Crippen molar-refractivity contribution in [1.29, 1.82) is 0 Å². The summed E-state index contributed by atoms with van der Waals surface area (Å²) in [6.07, 6.45) is 0. The number of carboxylic acids is 1. The maximum Gasteiger partial charge on any atom is 0.358 e. The Morgan fingerprint density at radius 1 is 1.25 bits per heavy atom. The van der Waals surface area contributed by atoms with Gasteiger partial charge < -0.3 is 19.8 Å². The normalized spacial score (nSPS) is 10.2. The van der Waals surface area contributed by atoms with Crippen LogP contribution >= 0.6 is 0 Å². The Balaban J connectivity index is 2.46. The number of phenols is 2. The lowest BCUT2D eigenvalue weighted by Gasteiger charge is -1.99. The molecule has 0 atom stereocenters. The number of phenolic OH excluding ortho intramolecular Hbond substituents is 2. The largest absolute Gasteiger partial charge is 0.508 e. The van der Waals surface area contributed by atoms with Crippen molar-refractivity contribution in [3.63, 3.8) is 0 Å². The molecule has 3 N–H and O–H groups in total. The van der Waals surface area contributed by atoms with Crippen LogP contribution in [0.25, 0.3) is 11.3 Å². The molecule has 1 aromatic carbocycles. The average Bonchev–Trinajstić information content (AvgIpc) is 2.66. The molecule has 0 aliphatic rings. The summed E-state index contributed by atoms with van der Waals surface area (Å²) in [5, 5.41) is 30.5. The molecule has 1 aromatic heterocycles. The molecule has 0 unspecified atom stereocenters. The van der Waals surface area contributed by atoms with Crippen molar-refractivity contribution in [3.05, 3.63) is 30.0 Å². The Bertz CT molecular complexity index is 546. The molecule has 6 nitrogen and oxygen atoms in total. The number of hydrogen-bond acceptors (Lipinski definition) is 5. The zero-order chi connectivity index (χ0) is 11.7. The Kier molecular flexibility index (Phi) is 2.24. The molecular weight excluding hydrogens is 214 g/mol. The molecule has 0 amide bonds. The molecule has 0 bridgehead atoms. The highest BCUT2D eigenvalue weighted by Crippen LogP contribution is 2.32. The maximum atomic E-state index is 10.6. The number of aromatic carboxylic acids is 1. The van der Waals surface area contributed by atoms with Crippen molar-refractivity contribution in [2.45, 2.75) is 0 Å². The van der Waals surface area contributed by atoms with Crippen LogP contribution in [0.3, 0.4) is 0 Å². The second kappa shape index (κ2) is 3.58. The van der Waals surface area contributed by atoms with Gasteiger partial charge in [-0.05, 0) is 12.1 Å². The van der Waals surface area contributed by atoms with Crippen LogP contribution < -0.4 is 0 Å². The Labute approximate surface area is 89.4 Å². The van der Waals surface area contributed by atoms with Gasteiger partial charge in [-0.15, -0.1) is 0 Å². The standard InChI is InChI=1S/C10H7NO5/c12-5-1-2-6(8(13)3-5)9-4-7(10(14)15)11-16-9/h1-4,12-13H,(H,14,15). The van der Waals surface area contributed by atoms with E-state index in [0.29, 0.717) is 0 Å². The van der Waals surface area contributed by atoms with Gasteiger partial charge in [0.05, 0.1) is 5.56 Å². The van der Waals surface area contributed by atoms with Gasteiger partial charge in [-0.25, -0.2) is 4.79 Å². The predicted octanol–water partition coefficient (Wildman–Crippen LogP) is 1.45. The third-order valence-electron chi connectivity index (χ3n) is 1.98. The minimum atomic E-state index is -1.21. The van der Waals surface area contributed by atoms with E-state index in [0.717, 1.165) is 6.07 Å². The van der Waals surface area contributed by atoms with Crippen molar-refractivity contribution in [2.24, 2.45) is 0 Å². The van der Waals surface area contributed by atoms with Gasteiger partial charge in [-0.2, -0.15) is 0 Å². The average molecular weight is 221 g/mol. The molecule has 6 heteroatoms. The zero-order valence-electron chi connectivity index (χ0n) is 7.91. The number of nitrogens with zero attached hydrogens (tertiary/aromatic N) is 1. The number of carboxylic acid groups (broad SMARTS) is 1. The molecule has 0 spiro atoms. The van der Waals surface area contributed by atoms with Crippen molar-refractivity contribution in [3.8, 4) is 22.8 Å². The van der Waals surface area contributed by atoms with Crippen molar-refractivity contribution < 1.29 is 24.6 Å². The molecular formula is C10H7NO5. The first-order valence-electron chi connectivity index (χ1n) is 4.30. The Morgan fingerprint density at radius 3 is 2.56 bits per heavy atom. The second-order valence-electron chi connectivity index (χ2n) is 3.08. The van der Waals surface area contributed by atoms with Gasteiger partial charge in [0.2, 0.25) is 0 Å². The summed E-state index contributed by atoms with van der Waals surface area (Å²) in [5.41, 5.74) is 0.0141. The molecule has 2 aromatic rings. The highest BCUT2D eigenvalue weighted by atomic mass is 16.5. The molecule has 0 aliphatic heterocycles. The third-order valence-corrected chi connectivity index (χ3v) is 1.98. The number of rotatable bonds is 2. The van der Waals surface area contributed by atoms with Crippen LogP contribution in [0.5, 0.6) is 11.5 Å². The molecule has 2 rings (SSSR count). The van der Waals surface area contributed by atoms with Gasteiger partial charge in [-0.1, -0.05) is 5.16 Å². The lowest BCUT2D eigenvalue weighted by atomic mass is 10.1. The van der Waals surface area contributed by atoms with Crippen LogP contribution in [-0.4, -0.2) is 26.4 Å². The molecule has 0 saturated heterocycles. The van der Waals surface area contributed by atoms with Crippen LogP contribution in [-0.2, 0) is 0 Å². The topological polar surface area (TPSA) is 104 Å². The zero-order valence-corrected chi connectivity index (χ0v) is 7.91. The summed E-state index contributed by atoms with van der Waals surface area (Å²) >= 11 is 0. The molecule has 82 valence electrons. The van der Waals surface area contributed by atoms with E-state index in [4.69, 9.17) is 14.7 Å². The highest BCUT2D eigenvalue weighted by molar-refractivity contribution is 5.86. The van der Waals surface area contributed by atoms with E-state index in [1.807, 2.05) is 0 Å². The SMILES string of the molecule is O=C(O)c1cc(-c2ccc(O)cc2O)on1. The predicted molar refractivity (Wildman–Crippen MR) is 52.2 cm³/mol. The van der Waals surface area contributed by atoms with Crippen LogP contribution in [0.1, 0.15) is 10.5 Å². The van der Waals surface area contributed by atoms with Gasteiger partial charge in [0, 0.05) is 12.1 Å². The van der Waals surface area contributed by atoms with Gasteiger partial charge >= 0.3 is 5.97 Å². The summed E-state index contributed by atoms with van der Waals surface area (Å²) in [6, 6.07) is 5.06. The summed E-state index contributed by atoms with van der Waals surface area (Å²) in [7, 11) is 0. The number of aromatic hydroxyl groups is 2. The minimum Gasteiger partial charge on any atom is -0.508 e. The van der Waals surface area contributed by atoms with E-state index in [1.54, 1.807) is 0 Å². The summed E-state index contributed by atoms with van der Waals surface area (Å²) in [4.78, 5) is 10.6. The quantitative estimate of drug-likeness (QED) is 0.709. The van der Waals surface area contributed by atoms with Gasteiger partial charge in [-0.3, -0.25) is 0 Å². The molecule has 1 heterocycles. The summed E-state index contributed by atoms with van der Waals surface area (Å²) < 4.78 is 4.76. The van der Waals surface area contributed by atoms with E-state index in [9.17, 15) is 9.90 Å². The fourth-order valence-corrected chi connectivity index (χ4v) is 1.23. The van der Waals surface area contributed by atoms with E-state index in [1.165, 1.54) is 18.2 Å². The van der Waals surface area contributed by atoms with Crippen molar-refractivity contribution >= 4 is 5.97 Å². The fraction of sp³-hybridized carbons (Fsp3) is 0. The fourth-order valence-electron chi connectivity index (χ4n) is 1.23. The number of benzene rings is 1. The molecule has 0 aliphatic carbocycles. The van der Waals surface area contributed by atoms with Crippen LogP contribution in [0.15, 0.2) is 28.8 Å². The minimum absolute atomic E-state index is 0.0979. The summed E-state index contributed by atoms with van der Waals surface area (Å²) in [6.45, 7) is 0. The Hall–Kier alpha value is -2.50. The molecule has 0 fully saturated rings. The van der Waals surface area contributed by atoms with Crippen LogP contribution in [0, 0.1) is 0 Å². The smallest absolute Gasteiger partial charge is 0.358 e. The van der Waals surface area contributed by atoms with Gasteiger partial charge in [0.1, 0.15) is 11.5 Å². The van der Waals surface area contributed by atoms with E-state index in [-0.39, 0.29) is 28.5 Å². The van der Waals surface area contributed by atoms with Crippen LogP contribution in [0.2, 0.25) is 0 Å². The van der Waals surface area contributed by atoms with Gasteiger partial charge in [0.25, 0.3) is 0 Å².